The van der Waals surface area contributed by atoms with Crippen LogP contribution >= 0.6 is 11.3 Å². The van der Waals surface area contributed by atoms with Gasteiger partial charge in [-0.05, 0) is 19.3 Å². The topological polar surface area (TPSA) is 24.9 Å². The first-order valence-corrected chi connectivity index (χ1v) is 6.39. The third-order valence-electron chi connectivity index (χ3n) is 3.03. The van der Waals surface area contributed by atoms with Crippen LogP contribution in [0.4, 0.5) is 0 Å². The molecule has 1 aromatic rings. The van der Waals surface area contributed by atoms with E-state index in [0.717, 1.165) is 12.5 Å². The Morgan fingerprint density at radius 2 is 2.50 bits per heavy atom. The molecule has 1 aliphatic carbocycles. The summed E-state index contributed by atoms with van der Waals surface area (Å²) in [6.45, 7) is 3.21. The maximum atomic E-state index is 4.26. The van der Waals surface area contributed by atoms with Gasteiger partial charge in [0.2, 0.25) is 0 Å². The Morgan fingerprint density at radius 3 is 3.07 bits per heavy atom. The molecule has 0 aromatic carbocycles. The second-order valence-electron chi connectivity index (χ2n) is 4.29. The van der Waals surface area contributed by atoms with Crippen LogP contribution in [0.5, 0.6) is 0 Å². The molecule has 1 saturated carbocycles. The maximum Gasteiger partial charge on any atom is 0.0795 e. The lowest BCUT2D eigenvalue weighted by atomic mass is 9.81. The lowest BCUT2D eigenvalue weighted by Gasteiger charge is -2.28. The number of hydrogen-bond acceptors (Lipinski definition) is 3. The van der Waals surface area contributed by atoms with Gasteiger partial charge in [0.15, 0.2) is 0 Å². The number of hydrogen-bond donors (Lipinski definition) is 1. The predicted octanol–water partition coefficient (Wildman–Crippen LogP) is 2.81. The first-order chi connectivity index (χ1) is 6.84. The van der Waals surface area contributed by atoms with E-state index in [1.165, 1.54) is 31.4 Å². The van der Waals surface area contributed by atoms with Crippen molar-refractivity contribution in [1.82, 2.24) is 10.3 Å². The maximum absolute atomic E-state index is 4.26. The van der Waals surface area contributed by atoms with Crippen LogP contribution in [0.25, 0.3) is 0 Å². The van der Waals surface area contributed by atoms with Crippen molar-refractivity contribution in [3.8, 4) is 0 Å². The summed E-state index contributed by atoms with van der Waals surface area (Å²) in [6.07, 6.45) is 5.68. The fourth-order valence-corrected chi connectivity index (χ4v) is 2.47. The molecule has 1 fully saturated rings. The van der Waals surface area contributed by atoms with Crippen molar-refractivity contribution in [2.45, 2.75) is 45.2 Å². The molecule has 0 amide bonds. The molecule has 1 unspecified atom stereocenters. The monoisotopic (exact) mass is 210 g/mol. The van der Waals surface area contributed by atoms with E-state index in [1.807, 2.05) is 5.51 Å². The van der Waals surface area contributed by atoms with Crippen molar-refractivity contribution in [3.05, 3.63) is 16.6 Å². The Labute approximate surface area is 89.8 Å². The molecule has 0 aliphatic heterocycles. The predicted molar refractivity (Wildman–Crippen MR) is 60.4 cm³/mol. The van der Waals surface area contributed by atoms with E-state index in [2.05, 4.69) is 22.6 Å². The van der Waals surface area contributed by atoms with Crippen molar-refractivity contribution in [1.29, 1.82) is 0 Å². The van der Waals surface area contributed by atoms with Crippen LogP contribution in [-0.2, 0) is 6.54 Å². The molecule has 0 radical (unpaired) electrons. The zero-order valence-electron chi connectivity index (χ0n) is 8.70. The molecule has 1 heterocycles. The molecule has 0 spiro atoms. The van der Waals surface area contributed by atoms with Gasteiger partial charge in [-0.15, -0.1) is 11.3 Å². The van der Waals surface area contributed by atoms with E-state index < -0.39 is 0 Å². The summed E-state index contributed by atoms with van der Waals surface area (Å²) in [6, 6.07) is 0.641. The summed E-state index contributed by atoms with van der Waals surface area (Å²) in [5, 5.41) is 5.64. The van der Waals surface area contributed by atoms with Crippen molar-refractivity contribution in [2.75, 3.05) is 0 Å². The van der Waals surface area contributed by atoms with Gasteiger partial charge >= 0.3 is 0 Å². The van der Waals surface area contributed by atoms with Gasteiger partial charge in [-0.3, -0.25) is 0 Å². The highest BCUT2D eigenvalue weighted by atomic mass is 32.1. The van der Waals surface area contributed by atoms with Gasteiger partial charge in [-0.2, -0.15) is 0 Å². The minimum absolute atomic E-state index is 0.641. The number of rotatable bonds is 5. The molecule has 1 aromatic heterocycles. The molecule has 3 heteroatoms. The quantitative estimate of drug-likeness (QED) is 0.808. The second kappa shape index (κ2) is 4.89. The molecule has 1 N–H and O–H groups in total. The van der Waals surface area contributed by atoms with Gasteiger partial charge < -0.3 is 5.32 Å². The van der Waals surface area contributed by atoms with Crippen LogP contribution in [0.3, 0.4) is 0 Å². The minimum atomic E-state index is 0.641. The smallest absolute Gasteiger partial charge is 0.0795 e. The summed E-state index contributed by atoms with van der Waals surface area (Å²) in [5.41, 5.74) is 3.07. The molecule has 1 atom stereocenters. The van der Waals surface area contributed by atoms with Crippen LogP contribution in [0.1, 0.15) is 38.3 Å². The first-order valence-electron chi connectivity index (χ1n) is 5.45. The largest absolute Gasteiger partial charge is 0.309 e. The van der Waals surface area contributed by atoms with Crippen molar-refractivity contribution < 1.29 is 0 Å². The van der Waals surface area contributed by atoms with Crippen LogP contribution in [0.15, 0.2) is 10.9 Å². The molecule has 78 valence electrons. The molecule has 14 heavy (non-hydrogen) atoms. The normalized spacial score (nSPS) is 19.2. The van der Waals surface area contributed by atoms with Gasteiger partial charge in [0, 0.05) is 18.0 Å². The Bertz CT molecular complexity index is 254. The highest BCUT2D eigenvalue weighted by Gasteiger charge is 2.19. The zero-order valence-corrected chi connectivity index (χ0v) is 9.52. The van der Waals surface area contributed by atoms with Crippen LogP contribution in [0.2, 0.25) is 0 Å². The molecular weight excluding hydrogens is 192 g/mol. The SMILES string of the molecule is CC(CC1CCC1)NCc1cscn1. The van der Waals surface area contributed by atoms with E-state index in [4.69, 9.17) is 0 Å². The van der Waals surface area contributed by atoms with Crippen LogP contribution < -0.4 is 5.32 Å². The van der Waals surface area contributed by atoms with Gasteiger partial charge in [0.25, 0.3) is 0 Å². The average Bonchev–Trinajstić information content (AvgIpc) is 2.60. The van der Waals surface area contributed by atoms with E-state index in [0.29, 0.717) is 6.04 Å². The van der Waals surface area contributed by atoms with E-state index in [9.17, 15) is 0 Å². The summed E-state index contributed by atoms with van der Waals surface area (Å²) < 4.78 is 0. The zero-order chi connectivity index (χ0) is 9.80. The van der Waals surface area contributed by atoms with Crippen LogP contribution in [0, 0.1) is 5.92 Å². The van der Waals surface area contributed by atoms with Gasteiger partial charge in [0.1, 0.15) is 0 Å². The fourth-order valence-electron chi connectivity index (χ4n) is 1.92. The van der Waals surface area contributed by atoms with Gasteiger partial charge in [-0.1, -0.05) is 19.3 Å². The van der Waals surface area contributed by atoms with Crippen LogP contribution in [-0.4, -0.2) is 11.0 Å². The number of nitrogens with one attached hydrogen (secondary N) is 1. The third kappa shape index (κ3) is 2.79. The summed E-state index contributed by atoms with van der Waals surface area (Å²) in [4.78, 5) is 4.26. The lowest BCUT2D eigenvalue weighted by Crippen LogP contribution is -2.29. The van der Waals surface area contributed by atoms with Crippen molar-refractivity contribution >= 4 is 11.3 Å². The molecule has 1 aliphatic rings. The van der Waals surface area contributed by atoms with Gasteiger partial charge in [-0.25, -0.2) is 4.98 Å². The highest BCUT2D eigenvalue weighted by molar-refractivity contribution is 7.07. The highest BCUT2D eigenvalue weighted by Crippen LogP contribution is 2.30. The van der Waals surface area contributed by atoms with Crippen molar-refractivity contribution in [3.63, 3.8) is 0 Å². The van der Waals surface area contributed by atoms with Crippen molar-refractivity contribution in [2.24, 2.45) is 5.92 Å². The summed E-state index contributed by atoms with van der Waals surface area (Å²) in [5.74, 6) is 0.993. The van der Waals surface area contributed by atoms with Gasteiger partial charge in [0.05, 0.1) is 11.2 Å². The number of aromatic nitrogens is 1. The van der Waals surface area contributed by atoms with E-state index in [-0.39, 0.29) is 0 Å². The Morgan fingerprint density at radius 1 is 1.64 bits per heavy atom. The summed E-state index contributed by atoms with van der Waals surface area (Å²) in [7, 11) is 0. The standard InChI is InChI=1S/C11H18N2S/c1-9(5-10-3-2-4-10)12-6-11-7-14-8-13-11/h7-10,12H,2-6H2,1H3. The summed E-state index contributed by atoms with van der Waals surface area (Å²) >= 11 is 1.67. The Kier molecular flexibility index (Phi) is 3.54. The molecule has 0 bridgehead atoms. The van der Waals surface area contributed by atoms with E-state index >= 15 is 0 Å². The number of thiazole rings is 1. The number of nitrogens with zero attached hydrogens (tertiary/aromatic N) is 1. The minimum Gasteiger partial charge on any atom is -0.309 e. The molecule has 2 nitrogen and oxygen atoms in total. The average molecular weight is 210 g/mol. The molecule has 2 rings (SSSR count). The first kappa shape index (κ1) is 10.1. The van der Waals surface area contributed by atoms with E-state index in [1.54, 1.807) is 11.3 Å². The molecular formula is C11H18N2S. The Hall–Kier alpha value is -0.410. The second-order valence-corrected chi connectivity index (χ2v) is 5.01. The molecule has 0 saturated heterocycles. The lowest BCUT2D eigenvalue weighted by molar-refractivity contribution is 0.265. The fraction of sp³-hybridized carbons (Fsp3) is 0.727. The Balaban J connectivity index is 1.64. The third-order valence-corrected chi connectivity index (χ3v) is 3.66.